The van der Waals surface area contributed by atoms with Gasteiger partial charge in [-0.1, -0.05) is 42.8 Å². The van der Waals surface area contributed by atoms with E-state index >= 15 is 0 Å². The zero-order valence-electron chi connectivity index (χ0n) is 44.5. The van der Waals surface area contributed by atoms with Crippen LogP contribution < -0.4 is 0 Å². The van der Waals surface area contributed by atoms with Crippen LogP contribution in [0, 0.1) is 0 Å². The Kier molecular flexibility index (Phi) is 26.3. The van der Waals surface area contributed by atoms with E-state index in [0.717, 1.165) is 55.4 Å². The van der Waals surface area contributed by atoms with E-state index in [4.69, 9.17) is 80.5 Å². The Bertz CT molecular complexity index is 2130. The number of ether oxygens (including phenoxy) is 17. The summed E-state index contributed by atoms with van der Waals surface area (Å²) < 4.78 is 102. The number of unbranched alkanes of at least 4 members (excludes halogenated alkanes) is 2. The molecule has 1 aromatic carbocycles. The molecule has 0 N–H and O–H groups in total. The molecule has 0 saturated carbocycles. The van der Waals surface area contributed by atoms with Gasteiger partial charge in [0, 0.05) is 68.4 Å². The molecular weight excluding hydrogens is 1030 g/mol. The Labute approximate surface area is 445 Å². The molecule has 0 unspecified atom stereocenters. The van der Waals surface area contributed by atoms with Crippen LogP contribution in [0.15, 0.2) is 43.0 Å². The van der Waals surface area contributed by atoms with Gasteiger partial charge in [-0.25, -0.2) is 0 Å². The predicted molar refractivity (Wildman–Crippen MR) is 255 cm³/mol. The highest BCUT2D eigenvalue weighted by molar-refractivity contribution is 5.70. The van der Waals surface area contributed by atoms with Crippen molar-refractivity contribution in [3.05, 3.63) is 48.6 Å². The zero-order valence-corrected chi connectivity index (χ0v) is 44.5. The molecule has 3 aliphatic heterocycles. The van der Waals surface area contributed by atoms with Crippen LogP contribution in [-0.4, -0.2) is 186 Å². The van der Waals surface area contributed by atoms with E-state index in [1.54, 1.807) is 30.3 Å². The highest BCUT2D eigenvalue weighted by Crippen LogP contribution is 2.39. The maximum atomic E-state index is 13.3. The second kappa shape index (κ2) is 31.9. The Hall–Kier alpha value is -6.13. The fraction of sp³-hybridized carbons (Fsp3) is 0.667. The summed E-state index contributed by atoms with van der Waals surface area (Å²) in [5.74, 6) is -7.27. The van der Waals surface area contributed by atoms with Crippen LogP contribution in [0.2, 0.25) is 0 Å². The molecule has 0 spiro atoms. The van der Waals surface area contributed by atoms with E-state index in [0.29, 0.717) is 24.8 Å². The average Bonchev–Trinajstić information content (AvgIpc) is 3.35. The zero-order chi connectivity index (χ0) is 56.8. The van der Waals surface area contributed by atoms with Gasteiger partial charge in [-0.05, 0) is 18.4 Å². The van der Waals surface area contributed by atoms with E-state index in [9.17, 15) is 43.2 Å². The lowest BCUT2D eigenvalue weighted by Crippen LogP contribution is -2.69. The summed E-state index contributed by atoms with van der Waals surface area (Å²) in [4.78, 5) is 114. The van der Waals surface area contributed by atoms with Crippen molar-refractivity contribution >= 4 is 53.7 Å². The van der Waals surface area contributed by atoms with E-state index in [-0.39, 0.29) is 26.2 Å². The molecule has 3 aliphatic rings. The van der Waals surface area contributed by atoms with Gasteiger partial charge in [-0.15, -0.1) is 6.58 Å². The lowest BCUT2D eigenvalue weighted by atomic mass is 9.95. The average molecular weight is 1100 g/mol. The Morgan fingerprint density at radius 2 is 0.883 bits per heavy atom. The molecule has 77 heavy (non-hydrogen) atoms. The smallest absolute Gasteiger partial charge is 0.305 e. The number of benzene rings is 1. The molecule has 0 aliphatic carbocycles. The molecule has 3 fully saturated rings. The maximum absolute atomic E-state index is 13.3. The number of methoxy groups -OCH3 is 1. The second-order valence-corrected chi connectivity index (χ2v) is 17.7. The van der Waals surface area contributed by atoms with Crippen molar-refractivity contribution in [2.45, 2.75) is 180 Å². The first-order chi connectivity index (χ1) is 36.6. The standard InChI is InChI=1S/C51H70O26/c1-11-21-62-46-43(67-23-35-18-14-12-15-19-35)40(68-30(5)55)36(24-64-27(2)52)74-50(46)77-48-45(72-34(9)59)42(70-32(7)57)38(26-66-29(4)54)75-51(48)76-47-44(71-33(8)58)41(69-31(6)56)37(25-65-28(3)53)73-49(47)63-22-17-13-16-20-39(60)61-10/h11-12,14-15,18-19,36-38,40-51H,1,13,16-17,20-26H2,2-10H3/t36-,37-,38-,40-,41-,42-,43+,44+,45+,46-,47-,48-,49+,50-,51-/m1/s1. The monoisotopic (exact) mass is 1100 g/mol. The minimum atomic E-state index is -1.99. The van der Waals surface area contributed by atoms with Crippen molar-refractivity contribution < 1.29 is 124 Å². The third-order valence-corrected chi connectivity index (χ3v) is 11.4. The van der Waals surface area contributed by atoms with Gasteiger partial charge in [-0.2, -0.15) is 0 Å². The summed E-state index contributed by atoms with van der Waals surface area (Å²) in [5, 5.41) is 0. The number of hydrogen-bond donors (Lipinski definition) is 0. The van der Waals surface area contributed by atoms with Gasteiger partial charge < -0.3 is 80.5 Å². The number of carbonyl (C=O) groups excluding carboxylic acids is 9. The molecule has 15 atom stereocenters. The first kappa shape index (κ1) is 63.4. The molecule has 1 aromatic rings. The van der Waals surface area contributed by atoms with Gasteiger partial charge in [0.1, 0.15) is 50.3 Å². The summed E-state index contributed by atoms with van der Waals surface area (Å²) in [6, 6.07) is 8.85. The van der Waals surface area contributed by atoms with E-state index in [1.165, 1.54) is 13.2 Å². The van der Waals surface area contributed by atoms with Crippen LogP contribution in [0.4, 0.5) is 0 Å². The molecule has 0 aromatic heterocycles. The van der Waals surface area contributed by atoms with Crippen molar-refractivity contribution in [1.29, 1.82) is 0 Å². The molecule has 26 nitrogen and oxygen atoms in total. The second-order valence-electron chi connectivity index (χ2n) is 17.7. The summed E-state index contributed by atoms with van der Waals surface area (Å²) in [5.41, 5.74) is 0.668. The van der Waals surface area contributed by atoms with Gasteiger partial charge in [0.15, 0.2) is 61.6 Å². The first-order valence-electron chi connectivity index (χ1n) is 24.7. The van der Waals surface area contributed by atoms with E-state index in [1.807, 2.05) is 0 Å². The van der Waals surface area contributed by atoms with Crippen molar-refractivity contribution in [2.24, 2.45) is 0 Å². The highest BCUT2D eigenvalue weighted by Gasteiger charge is 2.59. The molecule has 0 amide bonds. The van der Waals surface area contributed by atoms with E-state index in [2.05, 4.69) is 6.58 Å². The van der Waals surface area contributed by atoms with Gasteiger partial charge in [0.05, 0.1) is 20.3 Å². The molecule has 26 heteroatoms. The Morgan fingerprint density at radius 1 is 0.468 bits per heavy atom. The molecule has 430 valence electrons. The molecule has 0 radical (unpaired) electrons. The Morgan fingerprint density at radius 3 is 1.31 bits per heavy atom. The van der Waals surface area contributed by atoms with Crippen LogP contribution in [-0.2, 0) is 130 Å². The van der Waals surface area contributed by atoms with Crippen molar-refractivity contribution in [3.8, 4) is 0 Å². The largest absolute Gasteiger partial charge is 0.469 e. The quantitative estimate of drug-likeness (QED) is 0.0502. The van der Waals surface area contributed by atoms with Crippen molar-refractivity contribution in [2.75, 3.05) is 40.1 Å². The molecule has 3 heterocycles. The van der Waals surface area contributed by atoms with Crippen LogP contribution in [0.3, 0.4) is 0 Å². The van der Waals surface area contributed by atoms with Crippen LogP contribution in [0.1, 0.15) is 86.6 Å². The highest BCUT2D eigenvalue weighted by atomic mass is 16.8. The molecule has 4 rings (SSSR count). The van der Waals surface area contributed by atoms with Gasteiger partial charge in [0.25, 0.3) is 0 Å². The lowest BCUT2D eigenvalue weighted by molar-refractivity contribution is -0.396. The minimum Gasteiger partial charge on any atom is -0.469 e. The molecule has 3 saturated heterocycles. The maximum Gasteiger partial charge on any atom is 0.305 e. The number of carbonyl (C=O) groups is 9. The minimum absolute atomic E-state index is 0.108. The third-order valence-electron chi connectivity index (χ3n) is 11.4. The molecular formula is C51H70O26. The number of rotatable bonds is 28. The fourth-order valence-electron chi connectivity index (χ4n) is 8.40. The summed E-state index contributed by atoms with van der Waals surface area (Å²) in [7, 11) is 1.26. The molecule has 0 bridgehead atoms. The SMILES string of the molecule is C=CCO[C@H]1[C@@H](O[C@H]2[C@@H](O[C@H]3[C@@H](OCCCCCC(=O)OC)O[C@H](COC(C)=O)[C@@H](OC(C)=O)[C@@H]3OC(C)=O)O[C@H](COC(C)=O)[C@@H](OC(C)=O)[C@@H]2OC(C)=O)O[C@H](COC(C)=O)[C@@H](OC(C)=O)[C@@H]1OCc1ccccc1. The van der Waals surface area contributed by atoms with Crippen molar-refractivity contribution in [3.63, 3.8) is 0 Å². The van der Waals surface area contributed by atoms with Gasteiger partial charge in [0.2, 0.25) is 0 Å². The Balaban J connectivity index is 1.98. The summed E-state index contributed by atoms with van der Waals surface area (Å²) >= 11 is 0. The third kappa shape index (κ3) is 20.6. The van der Waals surface area contributed by atoms with Gasteiger partial charge in [-0.3, -0.25) is 43.2 Å². The topological polar surface area (TPSA) is 311 Å². The first-order valence-corrected chi connectivity index (χ1v) is 24.7. The summed E-state index contributed by atoms with van der Waals surface area (Å²) in [6.45, 7) is 10.2. The number of hydrogen-bond acceptors (Lipinski definition) is 26. The fourth-order valence-corrected chi connectivity index (χ4v) is 8.40. The van der Waals surface area contributed by atoms with Crippen LogP contribution in [0.5, 0.6) is 0 Å². The van der Waals surface area contributed by atoms with E-state index < -0.39 is 166 Å². The van der Waals surface area contributed by atoms with Crippen LogP contribution >= 0.6 is 0 Å². The normalized spacial score (nSPS) is 28.8. The summed E-state index contributed by atoms with van der Waals surface area (Å²) in [6.07, 6.45) is -21.7. The predicted octanol–water partition coefficient (Wildman–Crippen LogP) is 2.19. The van der Waals surface area contributed by atoms with Crippen molar-refractivity contribution in [1.82, 2.24) is 0 Å². The lowest BCUT2D eigenvalue weighted by Gasteiger charge is -2.51. The number of esters is 9. The van der Waals surface area contributed by atoms with Crippen LogP contribution in [0.25, 0.3) is 0 Å². The van der Waals surface area contributed by atoms with Gasteiger partial charge >= 0.3 is 53.7 Å².